The summed E-state index contributed by atoms with van der Waals surface area (Å²) in [6.07, 6.45) is 3.27. The van der Waals surface area contributed by atoms with E-state index in [1.165, 1.54) is 22.8 Å². The monoisotopic (exact) mass is 386 g/mol. The predicted octanol–water partition coefficient (Wildman–Crippen LogP) is 3.83. The van der Waals surface area contributed by atoms with Gasteiger partial charge in [0.25, 0.3) is 10.0 Å². The zero-order valence-corrected chi connectivity index (χ0v) is 16.7. The summed E-state index contributed by atoms with van der Waals surface area (Å²) >= 11 is 0. The molecule has 2 heterocycles. The lowest BCUT2D eigenvalue weighted by atomic mass is 10.1. The highest BCUT2D eigenvalue weighted by Gasteiger charge is 2.31. The van der Waals surface area contributed by atoms with Crippen LogP contribution in [0.5, 0.6) is 5.75 Å². The zero-order valence-electron chi connectivity index (χ0n) is 15.9. The SMILES string of the molecule is CC(C)Oc1ccc(S(=O)(=O)N2CCc3cc(N4CCCC4)ccc32)cc1. The molecule has 0 saturated carbocycles. The molecule has 1 fully saturated rings. The quantitative estimate of drug-likeness (QED) is 0.784. The van der Waals surface area contributed by atoms with Crippen LogP contribution in [-0.4, -0.2) is 34.2 Å². The Hall–Kier alpha value is -2.21. The van der Waals surface area contributed by atoms with Gasteiger partial charge in [0.1, 0.15) is 5.75 Å². The fraction of sp³-hybridized carbons (Fsp3) is 0.429. The Morgan fingerprint density at radius 3 is 2.33 bits per heavy atom. The largest absolute Gasteiger partial charge is 0.491 e. The lowest BCUT2D eigenvalue weighted by molar-refractivity contribution is 0.242. The van der Waals surface area contributed by atoms with Crippen molar-refractivity contribution in [1.29, 1.82) is 0 Å². The van der Waals surface area contributed by atoms with E-state index < -0.39 is 10.0 Å². The molecule has 2 aromatic rings. The van der Waals surface area contributed by atoms with Crippen LogP contribution in [0.15, 0.2) is 47.4 Å². The van der Waals surface area contributed by atoms with Crippen LogP contribution in [0.25, 0.3) is 0 Å². The first kappa shape index (κ1) is 18.2. The Labute approximate surface area is 161 Å². The molecule has 0 bridgehead atoms. The van der Waals surface area contributed by atoms with Crippen LogP contribution in [0.2, 0.25) is 0 Å². The van der Waals surface area contributed by atoms with Crippen molar-refractivity contribution >= 4 is 21.4 Å². The summed E-state index contributed by atoms with van der Waals surface area (Å²) < 4.78 is 33.4. The first-order valence-corrected chi connectivity index (χ1v) is 11.1. The van der Waals surface area contributed by atoms with Crippen LogP contribution < -0.4 is 13.9 Å². The maximum atomic E-state index is 13.1. The molecule has 0 spiro atoms. The molecule has 2 aliphatic rings. The topological polar surface area (TPSA) is 49.9 Å². The minimum absolute atomic E-state index is 0.0581. The van der Waals surface area contributed by atoms with Crippen molar-refractivity contribution in [3.8, 4) is 5.75 Å². The molecule has 0 aromatic heterocycles. The van der Waals surface area contributed by atoms with Gasteiger partial charge in [-0.25, -0.2) is 8.42 Å². The summed E-state index contributed by atoms with van der Waals surface area (Å²) in [5.74, 6) is 0.682. The zero-order chi connectivity index (χ0) is 19.0. The number of rotatable bonds is 5. The van der Waals surface area contributed by atoms with E-state index in [1.54, 1.807) is 24.3 Å². The fourth-order valence-electron chi connectivity index (χ4n) is 3.87. The Bertz CT molecular complexity index is 917. The summed E-state index contributed by atoms with van der Waals surface area (Å²) in [5, 5.41) is 0. The molecule has 2 aliphatic heterocycles. The van der Waals surface area contributed by atoms with Gasteiger partial charge in [-0.05, 0) is 81.1 Å². The molecule has 0 N–H and O–H groups in total. The number of benzene rings is 2. The minimum Gasteiger partial charge on any atom is -0.491 e. The van der Waals surface area contributed by atoms with Gasteiger partial charge in [-0.3, -0.25) is 4.31 Å². The number of anilines is 2. The van der Waals surface area contributed by atoms with Gasteiger partial charge in [0, 0.05) is 25.3 Å². The van der Waals surface area contributed by atoms with Crippen LogP contribution in [0.4, 0.5) is 11.4 Å². The van der Waals surface area contributed by atoms with Gasteiger partial charge >= 0.3 is 0 Å². The Kier molecular flexibility index (Phi) is 4.76. The number of nitrogens with zero attached hydrogens (tertiary/aromatic N) is 2. The normalized spacial score (nSPS) is 16.9. The summed E-state index contributed by atoms with van der Waals surface area (Å²) in [6, 6.07) is 12.9. The molecule has 0 aliphatic carbocycles. The number of ether oxygens (including phenoxy) is 1. The van der Waals surface area contributed by atoms with Gasteiger partial charge in [-0.1, -0.05) is 0 Å². The van der Waals surface area contributed by atoms with Gasteiger partial charge in [-0.15, -0.1) is 0 Å². The van der Waals surface area contributed by atoms with Gasteiger partial charge < -0.3 is 9.64 Å². The summed E-state index contributed by atoms with van der Waals surface area (Å²) in [7, 11) is -3.57. The van der Waals surface area contributed by atoms with Gasteiger partial charge in [-0.2, -0.15) is 0 Å². The van der Waals surface area contributed by atoms with Crippen LogP contribution in [0, 0.1) is 0 Å². The van der Waals surface area contributed by atoms with Gasteiger partial charge in [0.05, 0.1) is 16.7 Å². The molecule has 2 aromatic carbocycles. The first-order chi connectivity index (χ1) is 12.9. The second-order valence-electron chi connectivity index (χ2n) is 7.47. The first-order valence-electron chi connectivity index (χ1n) is 9.62. The van der Waals surface area contributed by atoms with E-state index in [1.807, 2.05) is 19.9 Å². The van der Waals surface area contributed by atoms with E-state index in [4.69, 9.17) is 4.74 Å². The average molecular weight is 387 g/mol. The average Bonchev–Trinajstić information content (AvgIpc) is 3.31. The van der Waals surface area contributed by atoms with E-state index in [0.717, 1.165) is 30.8 Å². The number of hydrogen-bond donors (Lipinski definition) is 0. The Morgan fingerprint density at radius 1 is 0.963 bits per heavy atom. The van der Waals surface area contributed by atoms with Crippen molar-refractivity contribution in [3.63, 3.8) is 0 Å². The highest BCUT2D eigenvalue weighted by Crippen LogP contribution is 2.36. The molecule has 4 rings (SSSR count). The maximum absolute atomic E-state index is 13.1. The van der Waals surface area contributed by atoms with Gasteiger partial charge in [0.2, 0.25) is 0 Å². The summed E-state index contributed by atoms with van der Waals surface area (Å²) in [5.41, 5.74) is 3.13. The van der Waals surface area contributed by atoms with E-state index in [9.17, 15) is 8.42 Å². The number of hydrogen-bond acceptors (Lipinski definition) is 4. The highest BCUT2D eigenvalue weighted by molar-refractivity contribution is 7.92. The Balaban J connectivity index is 1.59. The molecule has 5 nitrogen and oxygen atoms in total. The van der Waals surface area contributed by atoms with Crippen molar-refractivity contribution in [2.45, 2.75) is 44.1 Å². The second kappa shape index (κ2) is 7.08. The molecule has 144 valence electrons. The summed E-state index contributed by atoms with van der Waals surface area (Å²) in [6.45, 7) is 6.56. The third kappa shape index (κ3) is 3.50. The van der Waals surface area contributed by atoms with Crippen molar-refractivity contribution in [3.05, 3.63) is 48.0 Å². The van der Waals surface area contributed by atoms with E-state index >= 15 is 0 Å². The molecule has 0 atom stereocenters. The van der Waals surface area contributed by atoms with E-state index in [2.05, 4.69) is 17.0 Å². The highest BCUT2D eigenvalue weighted by atomic mass is 32.2. The van der Waals surface area contributed by atoms with Gasteiger partial charge in [0.15, 0.2) is 0 Å². The second-order valence-corrected chi connectivity index (χ2v) is 9.33. The van der Waals surface area contributed by atoms with Crippen molar-refractivity contribution in [2.75, 3.05) is 28.8 Å². The molecular formula is C21H26N2O3S. The number of sulfonamides is 1. The molecule has 6 heteroatoms. The van der Waals surface area contributed by atoms with E-state index in [0.29, 0.717) is 17.2 Å². The fourth-order valence-corrected chi connectivity index (χ4v) is 5.37. The predicted molar refractivity (Wildman–Crippen MR) is 108 cm³/mol. The molecular weight excluding hydrogens is 360 g/mol. The standard InChI is InChI=1S/C21H26N2O3S/c1-16(2)26-19-6-8-20(9-7-19)27(24,25)23-14-11-17-15-18(5-10-21(17)23)22-12-3-4-13-22/h5-10,15-16H,3-4,11-14H2,1-2H3. The molecule has 27 heavy (non-hydrogen) atoms. The smallest absolute Gasteiger partial charge is 0.264 e. The van der Waals surface area contributed by atoms with Crippen LogP contribution >= 0.6 is 0 Å². The summed E-state index contributed by atoms with van der Waals surface area (Å²) in [4.78, 5) is 2.68. The lowest BCUT2D eigenvalue weighted by Gasteiger charge is -2.22. The van der Waals surface area contributed by atoms with Crippen molar-refractivity contribution in [2.24, 2.45) is 0 Å². The van der Waals surface area contributed by atoms with Crippen molar-refractivity contribution < 1.29 is 13.2 Å². The molecule has 0 amide bonds. The van der Waals surface area contributed by atoms with Crippen LogP contribution in [0.1, 0.15) is 32.3 Å². The molecule has 0 unspecified atom stereocenters. The molecule has 1 saturated heterocycles. The third-order valence-electron chi connectivity index (χ3n) is 5.17. The third-order valence-corrected chi connectivity index (χ3v) is 7.00. The number of fused-ring (bicyclic) bond motifs is 1. The molecule has 0 radical (unpaired) electrons. The Morgan fingerprint density at radius 2 is 1.67 bits per heavy atom. The van der Waals surface area contributed by atoms with Crippen LogP contribution in [0.3, 0.4) is 0 Å². The van der Waals surface area contributed by atoms with Crippen LogP contribution in [-0.2, 0) is 16.4 Å². The van der Waals surface area contributed by atoms with E-state index in [-0.39, 0.29) is 6.10 Å². The lowest BCUT2D eigenvalue weighted by Crippen LogP contribution is -2.29. The minimum atomic E-state index is -3.57. The maximum Gasteiger partial charge on any atom is 0.264 e. The van der Waals surface area contributed by atoms with Crippen molar-refractivity contribution in [1.82, 2.24) is 0 Å².